The van der Waals surface area contributed by atoms with Gasteiger partial charge in [-0.15, -0.1) is 0 Å². The van der Waals surface area contributed by atoms with Gasteiger partial charge in [0.2, 0.25) is 5.91 Å². The highest BCUT2D eigenvalue weighted by atomic mass is 16.6. The first-order valence-corrected chi connectivity index (χ1v) is 7.73. The number of hydrogen-bond donors (Lipinski definition) is 0. The van der Waals surface area contributed by atoms with Crippen LogP contribution in [0.25, 0.3) is 0 Å². The number of hydrogen-bond acceptors (Lipinski definition) is 3. The molecule has 0 aromatic heterocycles. The summed E-state index contributed by atoms with van der Waals surface area (Å²) in [4.78, 5) is 25.0. The van der Waals surface area contributed by atoms with Gasteiger partial charge in [-0.05, 0) is 30.7 Å². The molecule has 2 aliphatic rings. The standard InChI is InChI=1S/C16H20N2O3/c19-15(11-12-5-2-1-3-6-12)17-10-9-13-7-4-8-14(16(13)17)18(20)21/h4,7-8,12H,1-3,5-6,9-11H2. The van der Waals surface area contributed by atoms with Gasteiger partial charge in [0.25, 0.3) is 5.69 Å². The number of fused-ring (bicyclic) bond motifs is 1. The Labute approximate surface area is 124 Å². The first-order chi connectivity index (χ1) is 10.2. The van der Waals surface area contributed by atoms with Crippen LogP contribution in [0, 0.1) is 16.0 Å². The van der Waals surface area contributed by atoms with Gasteiger partial charge in [-0.25, -0.2) is 0 Å². The lowest BCUT2D eigenvalue weighted by atomic mass is 9.86. The summed E-state index contributed by atoms with van der Waals surface area (Å²) >= 11 is 0. The number of anilines is 1. The fraction of sp³-hybridized carbons (Fsp3) is 0.562. The minimum absolute atomic E-state index is 0.0509. The summed E-state index contributed by atoms with van der Waals surface area (Å²) in [7, 11) is 0. The Morgan fingerprint density at radius 2 is 2.05 bits per heavy atom. The fourth-order valence-electron chi connectivity index (χ4n) is 3.58. The molecule has 0 saturated heterocycles. The number of rotatable bonds is 3. The van der Waals surface area contributed by atoms with Crippen molar-refractivity contribution in [2.45, 2.75) is 44.9 Å². The van der Waals surface area contributed by atoms with E-state index >= 15 is 0 Å². The first kappa shape index (κ1) is 14.0. The smallest absolute Gasteiger partial charge is 0.293 e. The Morgan fingerprint density at radius 3 is 2.76 bits per heavy atom. The summed E-state index contributed by atoms with van der Waals surface area (Å²) in [5.41, 5.74) is 1.51. The van der Waals surface area contributed by atoms with Crippen LogP contribution >= 0.6 is 0 Å². The maximum Gasteiger partial charge on any atom is 0.293 e. The monoisotopic (exact) mass is 288 g/mol. The van der Waals surface area contributed by atoms with Crippen molar-refractivity contribution < 1.29 is 9.72 Å². The Bertz CT molecular complexity index is 565. The molecule has 3 rings (SSSR count). The van der Waals surface area contributed by atoms with Crippen LogP contribution in [0.4, 0.5) is 11.4 Å². The molecular weight excluding hydrogens is 268 g/mol. The van der Waals surface area contributed by atoms with Gasteiger partial charge in [0.05, 0.1) is 4.92 Å². The summed E-state index contributed by atoms with van der Waals surface area (Å²) < 4.78 is 0. The second-order valence-electron chi connectivity index (χ2n) is 6.05. The number of carbonyl (C=O) groups is 1. The van der Waals surface area contributed by atoms with Crippen molar-refractivity contribution in [3.8, 4) is 0 Å². The lowest BCUT2D eigenvalue weighted by Crippen LogP contribution is -2.31. The maximum absolute atomic E-state index is 12.6. The minimum Gasteiger partial charge on any atom is -0.306 e. The second kappa shape index (κ2) is 5.84. The zero-order valence-corrected chi connectivity index (χ0v) is 12.1. The molecule has 1 aliphatic heterocycles. The summed E-state index contributed by atoms with van der Waals surface area (Å²) in [6.07, 6.45) is 7.15. The van der Waals surface area contributed by atoms with E-state index in [1.807, 2.05) is 6.07 Å². The Morgan fingerprint density at radius 1 is 1.29 bits per heavy atom. The van der Waals surface area contributed by atoms with Gasteiger partial charge < -0.3 is 4.90 Å². The van der Waals surface area contributed by atoms with Crippen molar-refractivity contribution in [2.75, 3.05) is 11.4 Å². The molecular formula is C16H20N2O3. The molecule has 5 heteroatoms. The van der Waals surface area contributed by atoms with Crippen molar-refractivity contribution in [1.29, 1.82) is 0 Å². The van der Waals surface area contributed by atoms with Crippen LogP contribution in [0.3, 0.4) is 0 Å². The number of benzene rings is 1. The lowest BCUT2D eigenvalue weighted by molar-refractivity contribution is -0.384. The molecule has 21 heavy (non-hydrogen) atoms. The predicted octanol–water partition coefficient (Wildman–Crippen LogP) is 3.45. The van der Waals surface area contributed by atoms with E-state index < -0.39 is 0 Å². The number of amides is 1. The molecule has 5 nitrogen and oxygen atoms in total. The fourth-order valence-corrected chi connectivity index (χ4v) is 3.58. The normalized spacial score (nSPS) is 18.6. The zero-order valence-electron chi connectivity index (χ0n) is 12.1. The van der Waals surface area contributed by atoms with E-state index in [0.29, 0.717) is 31.0 Å². The molecule has 0 N–H and O–H groups in total. The van der Waals surface area contributed by atoms with Gasteiger partial charge in [0.15, 0.2) is 0 Å². The number of para-hydroxylation sites is 1. The molecule has 1 heterocycles. The van der Waals surface area contributed by atoms with Crippen molar-refractivity contribution in [1.82, 2.24) is 0 Å². The molecule has 1 amide bonds. The zero-order chi connectivity index (χ0) is 14.8. The van der Waals surface area contributed by atoms with Crippen LogP contribution in [0.5, 0.6) is 0 Å². The molecule has 1 aromatic rings. The van der Waals surface area contributed by atoms with Crippen LogP contribution in [0.1, 0.15) is 44.1 Å². The van der Waals surface area contributed by atoms with Crippen molar-refractivity contribution in [2.24, 2.45) is 5.92 Å². The largest absolute Gasteiger partial charge is 0.306 e. The quantitative estimate of drug-likeness (QED) is 0.632. The van der Waals surface area contributed by atoms with Crippen LogP contribution in [-0.4, -0.2) is 17.4 Å². The summed E-state index contributed by atoms with van der Waals surface area (Å²) in [5, 5.41) is 11.2. The summed E-state index contributed by atoms with van der Waals surface area (Å²) in [5.74, 6) is 0.507. The molecule has 0 spiro atoms. The second-order valence-corrected chi connectivity index (χ2v) is 6.05. The highest BCUT2D eigenvalue weighted by molar-refractivity contribution is 5.98. The van der Waals surface area contributed by atoms with E-state index in [0.717, 1.165) is 18.4 Å². The Balaban J connectivity index is 1.79. The van der Waals surface area contributed by atoms with Crippen molar-refractivity contribution in [3.63, 3.8) is 0 Å². The third kappa shape index (κ3) is 2.77. The molecule has 0 bridgehead atoms. The van der Waals surface area contributed by atoms with E-state index in [9.17, 15) is 14.9 Å². The van der Waals surface area contributed by atoms with Gasteiger partial charge in [-0.1, -0.05) is 31.4 Å². The van der Waals surface area contributed by atoms with E-state index in [2.05, 4.69) is 0 Å². The van der Waals surface area contributed by atoms with E-state index in [-0.39, 0.29) is 16.5 Å². The molecule has 1 fully saturated rings. The van der Waals surface area contributed by atoms with Crippen LogP contribution in [0.2, 0.25) is 0 Å². The molecule has 1 saturated carbocycles. The minimum atomic E-state index is -0.384. The lowest BCUT2D eigenvalue weighted by Gasteiger charge is -2.24. The Kier molecular flexibility index (Phi) is 3.90. The van der Waals surface area contributed by atoms with Gasteiger partial charge in [0.1, 0.15) is 5.69 Å². The van der Waals surface area contributed by atoms with Crippen LogP contribution in [0.15, 0.2) is 18.2 Å². The van der Waals surface area contributed by atoms with Crippen LogP contribution in [-0.2, 0) is 11.2 Å². The van der Waals surface area contributed by atoms with Gasteiger partial charge in [-0.2, -0.15) is 0 Å². The molecule has 1 aliphatic carbocycles. The highest BCUT2D eigenvalue weighted by Gasteiger charge is 2.32. The average Bonchev–Trinajstić information content (AvgIpc) is 2.92. The highest BCUT2D eigenvalue weighted by Crippen LogP contribution is 2.38. The third-order valence-corrected chi connectivity index (χ3v) is 4.66. The maximum atomic E-state index is 12.6. The summed E-state index contributed by atoms with van der Waals surface area (Å²) in [6.45, 7) is 0.575. The average molecular weight is 288 g/mol. The third-order valence-electron chi connectivity index (χ3n) is 4.66. The molecule has 112 valence electrons. The molecule has 1 aromatic carbocycles. The molecule has 0 unspecified atom stereocenters. The van der Waals surface area contributed by atoms with E-state index in [4.69, 9.17) is 0 Å². The van der Waals surface area contributed by atoms with Gasteiger partial charge in [-0.3, -0.25) is 14.9 Å². The first-order valence-electron chi connectivity index (χ1n) is 7.73. The number of carbonyl (C=O) groups excluding carboxylic acids is 1. The SMILES string of the molecule is O=C(CC1CCCCC1)N1CCc2cccc([N+](=O)[O-])c21. The predicted molar refractivity (Wildman–Crippen MR) is 80.3 cm³/mol. The topological polar surface area (TPSA) is 63.5 Å². The molecule has 0 atom stereocenters. The number of nitrogens with zero attached hydrogens (tertiary/aromatic N) is 2. The number of nitro benzene ring substituents is 1. The number of nitro groups is 1. The van der Waals surface area contributed by atoms with Crippen LogP contribution < -0.4 is 4.90 Å². The van der Waals surface area contributed by atoms with Gasteiger partial charge in [0, 0.05) is 19.0 Å². The summed E-state index contributed by atoms with van der Waals surface area (Å²) in [6, 6.07) is 5.08. The van der Waals surface area contributed by atoms with Crippen molar-refractivity contribution >= 4 is 17.3 Å². The van der Waals surface area contributed by atoms with Gasteiger partial charge >= 0.3 is 0 Å². The van der Waals surface area contributed by atoms with Crippen molar-refractivity contribution in [3.05, 3.63) is 33.9 Å². The van der Waals surface area contributed by atoms with E-state index in [1.54, 1.807) is 11.0 Å². The van der Waals surface area contributed by atoms with E-state index in [1.165, 1.54) is 25.3 Å². The molecule has 0 radical (unpaired) electrons. The Hall–Kier alpha value is -1.91.